The molecule has 0 aromatic heterocycles. The second-order valence-electron chi connectivity index (χ2n) is 8.28. The molecule has 0 atom stereocenters. The van der Waals surface area contributed by atoms with E-state index < -0.39 is 10.0 Å². The van der Waals surface area contributed by atoms with E-state index in [1.807, 2.05) is 24.3 Å². The number of hydrogen-bond acceptors (Lipinski definition) is 7. The predicted molar refractivity (Wildman–Crippen MR) is 127 cm³/mol. The van der Waals surface area contributed by atoms with Gasteiger partial charge in [-0.25, -0.2) is 8.42 Å². The molecule has 10 nitrogen and oxygen atoms in total. The van der Waals surface area contributed by atoms with Crippen molar-refractivity contribution in [2.45, 2.75) is 11.8 Å². The number of aryl methyl sites for hydroxylation is 1. The fraction of sp³-hybridized carbons (Fsp3) is 0.391. The summed E-state index contributed by atoms with van der Waals surface area (Å²) in [4.78, 5) is 28.3. The second kappa shape index (κ2) is 9.51. The number of benzene rings is 2. The lowest BCUT2D eigenvalue weighted by atomic mass is 10.2. The molecule has 4 rings (SSSR count). The summed E-state index contributed by atoms with van der Waals surface area (Å²) >= 11 is 0. The number of hydrogen-bond donors (Lipinski definition) is 1. The molecule has 2 heterocycles. The Labute approximate surface area is 199 Å². The van der Waals surface area contributed by atoms with Crippen LogP contribution in [-0.2, 0) is 19.6 Å². The highest BCUT2D eigenvalue weighted by Crippen LogP contribution is 2.34. The zero-order chi connectivity index (χ0) is 24.5. The number of methoxy groups -OCH3 is 1. The number of rotatable bonds is 6. The van der Waals surface area contributed by atoms with Gasteiger partial charge in [-0.15, -0.1) is 0 Å². The van der Waals surface area contributed by atoms with Crippen LogP contribution in [0.2, 0.25) is 0 Å². The van der Waals surface area contributed by atoms with E-state index in [4.69, 9.17) is 9.47 Å². The zero-order valence-corrected chi connectivity index (χ0v) is 20.2. The molecule has 0 bridgehead atoms. The molecule has 2 aliphatic heterocycles. The van der Waals surface area contributed by atoms with E-state index >= 15 is 0 Å². The lowest BCUT2D eigenvalue weighted by Gasteiger charge is -2.36. The Kier molecular flexibility index (Phi) is 6.67. The van der Waals surface area contributed by atoms with E-state index in [2.05, 4.69) is 10.2 Å². The minimum absolute atomic E-state index is 0.0422. The average molecular weight is 489 g/mol. The third-order valence-electron chi connectivity index (χ3n) is 6.01. The monoisotopic (exact) mass is 488 g/mol. The molecule has 2 aliphatic rings. The van der Waals surface area contributed by atoms with Gasteiger partial charge in [-0.2, -0.15) is 4.31 Å². The normalized spacial score (nSPS) is 16.1. The number of ether oxygens (including phenoxy) is 2. The summed E-state index contributed by atoms with van der Waals surface area (Å²) in [5.41, 5.74) is 1.91. The molecule has 0 radical (unpaired) electrons. The topological polar surface area (TPSA) is 108 Å². The smallest absolute Gasteiger partial charge is 0.262 e. The van der Waals surface area contributed by atoms with Crippen LogP contribution in [0.4, 0.5) is 11.4 Å². The Morgan fingerprint density at radius 3 is 2.62 bits per heavy atom. The summed E-state index contributed by atoms with van der Waals surface area (Å²) in [5.74, 6) is 0.512. The van der Waals surface area contributed by atoms with E-state index in [1.165, 1.54) is 13.1 Å². The molecule has 0 spiro atoms. The summed E-state index contributed by atoms with van der Waals surface area (Å²) in [6.45, 7) is 3.47. The van der Waals surface area contributed by atoms with Crippen LogP contribution in [0.1, 0.15) is 5.56 Å². The van der Waals surface area contributed by atoms with Gasteiger partial charge in [0.2, 0.25) is 15.9 Å². The van der Waals surface area contributed by atoms with Crippen molar-refractivity contribution in [3.63, 3.8) is 0 Å². The molecule has 0 saturated carbocycles. The summed E-state index contributed by atoms with van der Waals surface area (Å²) in [5, 5.41) is 2.66. The van der Waals surface area contributed by atoms with E-state index in [1.54, 1.807) is 25.0 Å². The number of carbonyl (C=O) groups is 2. The summed E-state index contributed by atoms with van der Waals surface area (Å²) in [6.07, 6.45) is 0. The Hall–Kier alpha value is -3.31. The molecule has 2 aromatic carbocycles. The molecule has 2 amide bonds. The number of fused-ring (bicyclic) bond motifs is 1. The minimum atomic E-state index is -3.94. The van der Waals surface area contributed by atoms with Crippen molar-refractivity contribution >= 4 is 33.2 Å². The SMILES string of the molecule is COc1cccc(N2CCN(C(=O)CN(C)S(=O)(=O)c3cc4c(cc3C)NC(=O)CO4)CC2)c1. The number of piperazine rings is 1. The van der Waals surface area contributed by atoms with E-state index in [0.717, 1.165) is 15.7 Å². The lowest BCUT2D eigenvalue weighted by molar-refractivity contribution is -0.131. The van der Waals surface area contributed by atoms with Gasteiger partial charge >= 0.3 is 0 Å². The maximum absolute atomic E-state index is 13.2. The van der Waals surface area contributed by atoms with Crippen molar-refractivity contribution < 1.29 is 27.5 Å². The van der Waals surface area contributed by atoms with Crippen LogP contribution in [0.5, 0.6) is 11.5 Å². The molecule has 11 heteroatoms. The number of nitrogens with zero attached hydrogens (tertiary/aromatic N) is 3. The van der Waals surface area contributed by atoms with Crippen LogP contribution >= 0.6 is 0 Å². The standard InChI is InChI=1S/C23H28N4O6S/c1-16-11-19-20(33-15-22(28)24-19)13-21(16)34(30,31)25(2)14-23(29)27-9-7-26(8-10-27)17-5-4-6-18(12-17)32-3/h4-6,11-13H,7-10,14-15H2,1-3H3,(H,24,28). The molecule has 34 heavy (non-hydrogen) atoms. The first-order chi connectivity index (χ1) is 16.2. The van der Waals surface area contributed by atoms with Crippen molar-refractivity contribution in [1.82, 2.24) is 9.21 Å². The van der Waals surface area contributed by atoms with Crippen LogP contribution in [0.15, 0.2) is 41.3 Å². The van der Waals surface area contributed by atoms with Gasteiger partial charge in [0.25, 0.3) is 5.91 Å². The Morgan fingerprint density at radius 1 is 1.18 bits per heavy atom. The highest BCUT2D eigenvalue weighted by atomic mass is 32.2. The fourth-order valence-electron chi connectivity index (χ4n) is 4.06. The lowest BCUT2D eigenvalue weighted by Crippen LogP contribution is -2.51. The molecular formula is C23H28N4O6S. The quantitative estimate of drug-likeness (QED) is 0.653. The molecule has 182 valence electrons. The summed E-state index contributed by atoms with van der Waals surface area (Å²) in [6, 6.07) is 10.7. The minimum Gasteiger partial charge on any atom is -0.497 e. The number of nitrogens with one attached hydrogen (secondary N) is 1. The third-order valence-corrected chi connectivity index (χ3v) is 7.95. The highest BCUT2D eigenvalue weighted by Gasteiger charge is 2.30. The summed E-state index contributed by atoms with van der Waals surface area (Å²) in [7, 11) is -0.931. The average Bonchev–Trinajstić information content (AvgIpc) is 2.83. The first-order valence-electron chi connectivity index (χ1n) is 10.9. The van der Waals surface area contributed by atoms with Gasteiger partial charge in [-0.1, -0.05) is 6.07 Å². The Morgan fingerprint density at radius 2 is 1.91 bits per heavy atom. The van der Waals surface area contributed by atoms with E-state index in [9.17, 15) is 18.0 Å². The zero-order valence-electron chi connectivity index (χ0n) is 19.4. The van der Waals surface area contributed by atoms with Gasteiger partial charge in [0.05, 0.1) is 24.2 Å². The maximum atomic E-state index is 13.2. The van der Waals surface area contributed by atoms with Crippen LogP contribution in [0.25, 0.3) is 0 Å². The van der Waals surface area contributed by atoms with Crippen molar-refractivity contribution in [2.24, 2.45) is 0 Å². The first kappa shape index (κ1) is 23.8. The Balaban J connectivity index is 1.40. The van der Waals surface area contributed by atoms with Crippen LogP contribution in [-0.4, -0.2) is 82.9 Å². The van der Waals surface area contributed by atoms with Crippen molar-refractivity contribution in [2.75, 3.05) is 63.7 Å². The van der Waals surface area contributed by atoms with Gasteiger partial charge in [0.15, 0.2) is 6.61 Å². The van der Waals surface area contributed by atoms with Gasteiger partial charge in [0.1, 0.15) is 11.5 Å². The largest absolute Gasteiger partial charge is 0.497 e. The first-order valence-corrected chi connectivity index (χ1v) is 12.3. The van der Waals surface area contributed by atoms with E-state index in [0.29, 0.717) is 37.4 Å². The van der Waals surface area contributed by atoms with Crippen molar-refractivity contribution in [3.8, 4) is 11.5 Å². The number of anilines is 2. The Bertz CT molecular complexity index is 1210. The second-order valence-corrected chi connectivity index (χ2v) is 10.3. The third kappa shape index (κ3) is 4.80. The molecule has 1 N–H and O–H groups in total. The van der Waals surface area contributed by atoms with E-state index in [-0.39, 0.29) is 35.6 Å². The van der Waals surface area contributed by atoms with Gasteiger partial charge in [-0.05, 0) is 30.7 Å². The van der Waals surface area contributed by atoms with Crippen molar-refractivity contribution in [3.05, 3.63) is 42.0 Å². The van der Waals surface area contributed by atoms with Gasteiger partial charge < -0.3 is 24.6 Å². The van der Waals surface area contributed by atoms with Crippen LogP contribution < -0.4 is 19.7 Å². The molecule has 0 aliphatic carbocycles. The highest BCUT2D eigenvalue weighted by molar-refractivity contribution is 7.89. The molecule has 1 saturated heterocycles. The number of amides is 2. The molecule has 1 fully saturated rings. The van der Waals surface area contributed by atoms with Crippen molar-refractivity contribution in [1.29, 1.82) is 0 Å². The van der Waals surface area contributed by atoms with Gasteiger partial charge in [-0.3, -0.25) is 9.59 Å². The predicted octanol–water partition coefficient (Wildman–Crippen LogP) is 1.30. The number of sulfonamides is 1. The molecular weight excluding hydrogens is 460 g/mol. The number of likely N-dealkylation sites (N-methyl/N-ethyl adjacent to an activating group) is 1. The molecule has 0 unspecified atom stereocenters. The van der Waals surface area contributed by atoms with Crippen LogP contribution in [0, 0.1) is 6.92 Å². The maximum Gasteiger partial charge on any atom is 0.262 e. The molecule has 2 aromatic rings. The van der Waals surface area contributed by atoms with Crippen LogP contribution in [0.3, 0.4) is 0 Å². The fourth-order valence-corrected chi connectivity index (χ4v) is 5.40. The number of carbonyl (C=O) groups excluding carboxylic acids is 2. The summed E-state index contributed by atoms with van der Waals surface area (Å²) < 4.78 is 38.1. The van der Waals surface area contributed by atoms with Gasteiger partial charge in [0, 0.05) is 51.0 Å².